The SMILES string of the molecule is N#CCc1ccc(Oc2ccnc(N)n2)cc1. The van der Waals surface area contributed by atoms with Crippen LogP contribution in [0.25, 0.3) is 0 Å². The first-order valence-corrected chi connectivity index (χ1v) is 5.00. The molecule has 1 heterocycles. The minimum absolute atomic E-state index is 0.170. The first kappa shape index (κ1) is 10.9. The molecule has 0 fully saturated rings. The van der Waals surface area contributed by atoms with Gasteiger partial charge in [0.15, 0.2) is 0 Å². The quantitative estimate of drug-likeness (QED) is 0.864. The van der Waals surface area contributed by atoms with Gasteiger partial charge in [-0.05, 0) is 17.7 Å². The van der Waals surface area contributed by atoms with Gasteiger partial charge in [0.1, 0.15) is 5.75 Å². The lowest BCUT2D eigenvalue weighted by Gasteiger charge is -2.04. The molecule has 2 N–H and O–H groups in total. The van der Waals surface area contributed by atoms with Gasteiger partial charge in [-0.1, -0.05) is 12.1 Å². The maximum atomic E-state index is 8.54. The topological polar surface area (TPSA) is 84.8 Å². The van der Waals surface area contributed by atoms with Crippen LogP contribution in [0.5, 0.6) is 11.6 Å². The Labute approximate surface area is 98.5 Å². The molecule has 17 heavy (non-hydrogen) atoms. The van der Waals surface area contributed by atoms with E-state index in [1.54, 1.807) is 18.2 Å². The molecular weight excluding hydrogens is 216 g/mol. The number of nitrogens with zero attached hydrogens (tertiary/aromatic N) is 3. The summed E-state index contributed by atoms with van der Waals surface area (Å²) in [4.78, 5) is 7.69. The molecule has 2 rings (SSSR count). The summed E-state index contributed by atoms with van der Waals surface area (Å²) in [6.45, 7) is 0. The summed E-state index contributed by atoms with van der Waals surface area (Å²) in [5, 5.41) is 8.54. The van der Waals surface area contributed by atoms with Gasteiger partial charge in [0.2, 0.25) is 11.8 Å². The van der Waals surface area contributed by atoms with E-state index < -0.39 is 0 Å². The van der Waals surface area contributed by atoms with Crippen molar-refractivity contribution in [1.29, 1.82) is 5.26 Å². The lowest BCUT2D eigenvalue weighted by atomic mass is 10.2. The third kappa shape index (κ3) is 2.92. The van der Waals surface area contributed by atoms with Crippen LogP contribution in [0.2, 0.25) is 0 Å². The number of aromatic nitrogens is 2. The minimum Gasteiger partial charge on any atom is -0.439 e. The van der Waals surface area contributed by atoms with Gasteiger partial charge in [-0.2, -0.15) is 10.2 Å². The monoisotopic (exact) mass is 226 g/mol. The highest BCUT2D eigenvalue weighted by Gasteiger charge is 2.00. The fraction of sp³-hybridized carbons (Fsp3) is 0.0833. The van der Waals surface area contributed by atoms with E-state index in [1.807, 2.05) is 12.1 Å². The molecule has 0 unspecified atom stereocenters. The third-order valence-corrected chi connectivity index (χ3v) is 2.08. The second kappa shape index (κ2) is 4.94. The number of anilines is 1. The van der Waals surface area contributed by atoms with Crippen molar-refractivity contribution in [2.24, 2.45) is 0 Å². The minimum atomic E-state index is 0.170. The highest BCUT2D eigenvalue weighted by molar-refractivity contribution is 5.32. The lowest BCUT2D eigenvalue weighted by molar-refractivity contribution is 0.462. The summed E-state index contributed by atoms with van der Waals surface area (Å²) in [5.41, 5.74) is 6.38. The van der Waals surface area contributed by atoms with Crippen LogP contribution in [0, 0.1) is 11.3 Å². The summed E-state index contributed by atoms with van der Waals surface area (Å²) in [6, 6.07) is 10.9. The van der Waals surface area contributed by atoms with Gasteiger partial charge >= 0.3 is 0 Å². The first-order chi connectivity index (χ1) is 8.28. The van der Waals surface area contributed by atoms with E-state index in [0.717, 1.165) is 5.56 Å². The molecule has 0 saturated heterocycles. The molecule has 5 nitrogen and oxygen atoms in total. The van der Waals surface area contributed by atoms with E-state index >= 15 is 0 Å². The Balaban J connectivity index is 2.11. The Morgan fingerprint density at radius 2 is 2.00 bits per heavy atom. The summed E-state index contributed by atoms with van der Waals surface area (Å²) < 4.78 is 5.48. The van der Waals surface area contributed by atoms with Gasteiger partial charge in [-0.25, -0.2) is 4.98 Å². The Bertz CT molecular complexity index is 545. The number of rotatable bonds is 3. The number of nitrogens with two attached hydrogens (primary N) is 1. The van der Waals surface area contributed by atoms with E-state index in [4.69, 9.17) is 15.7 Å². The van der Waals surface area contributed by atoms with Crippen LogP contribution in [0.15, 0.2) is 36.5 Å². The number of nitrogen functional groups attached to an aromatic ring is 1. The molecule has 0 radical (unpaired) electrons. The maximum Gasteiger partial charge on any atom is 0.224 e. The maximum absolute atomic E-state index is 8.54. The number of nitriles is 1. The van der Waals surface area contributed by atoms with Crippen molar-refractivity contribution in [3.8, 4) is 17.7 Å². The average Bonchev–Trinajstić information content (AvgIpc) is 2.32. The van der Waals surface area contributed by atoms with Crippen molar-refractivity contribution in [3.05, 3.63) is 42.1 Å². The smallest absolute Gasteiger partial charge is 0.224 e. The van der Waals surface area contributed by atoms with Crippen molar-refractivity contribution in [2.45, 2.75) is 6.42 Å². The summed E-state index contributed by atoms with van der Waals surface area (Å²) >= 11 is 0. The van der Waals surface area contributed by atoms with Crippen molar-refractivity contribution in [2.75, 3.05) is 5.73 Å². The van der Waals surface area contributed by atoms with E-state index in [0.29, 0.717) is 18.1 Å². The van der Waals surface area contributed by atoms with Crippen LogP contribution in [-0.2, 0) is 6.42 Å². The fourth-order valence-electron chi connectivity index (χ4n) is 1.30. The second-order valence-electron chi connectivity index (χ2n) is 3.33. The van der Waals surface area contributed by atoms with E-state index in [9.17, 15) is 0 Å². The van der Waals surface area contributed by atoms with Crippen LogP contribution in [0.4, 0.5) is 5.95 Å². The molecule has 2 aromatic rings. The number of hydrogen-bond donors (Lipinski definition) is 1. The Kier molecular flexibility index (Phi) is 3.17. The molecule has 84 valence electrons. The molecule has 5 heteroatoms. The molecule has 0 amide bonds. The van der Waals surface area contributed by atoms with Gasteiger partial charge < -0.3 is 10.5 Å². The molecule has 1 aromatic heterocycles. The number of benzene rings is 1. The molecule has 0 spiro atoms. The molecule has 0 bridgehead atoms. The Morgan fingerprint density at radius 1 is 1.24 bits per heavy atom. The zero-order valence-electron chi connectivity index (χ0n) is 9.00. The first-order valence-electron chi connectivity index (χ1n) is 5.00. The molecule has 0 aliphatic rings. The van der Waals surface area contributed by atoms with Gasteiger partial charge in [0.05, 0.1) is 12.5 Å². The number of hydrogen-bond acceptors (Lipinski definition) is 5. The fourth-order valence-corrected chi connectivity index (χ4v) is 1.30. The van der Waals surface area contributed by atoms with E-state index in [-0.39, 0.29) is 5.95 Å². The van der Waals surface area contributed by atoms with Gasteiger partial charge in [0.25, 0.3) is 0 Å². The van der Waals surface area contributed by atoms with Crippen LogP contribution in [-0.4, -0.2) is 9.97 Å². The molecule has 1 aromatic carbocycles. The molecule has 0 saturated carbocycles. The second-order valence-corrected chi connectivity index (χ2v) is 3.33. The predicted octanol–water partition coefficient (Wildman–Crippen LogP) is 1.92. The largest absolute Gasteiger partial charge is 0.439 e. The van der Waals surface area contributed by atoms with Gasteiger partial charge in [-0.15, -0.1) is 0 Å². The highest BCUT2D eigenvalue weighted by Crippen LogP contribution is 2.19. The number of ether oxygens (including phenoxy) is 1. The highest BCUT2D eigenvalue weighted by atomic mass is 16.5. The third-order valence-electron chi connectivity index (χ3n) is 2.08. The molecular formula is C12H10N4O. The zero-order chi connectivity index (χ0) is 12.1. The summed E-state index contributed by atoms with van der Waals surface area (Å²) in [6.07, 6.45) is 1.92. The molecule has 0 atom stereocenters. The van der Waals surface area contributed by atoms with Crippen LogP contribution in [0.3, 0.4) is 0 Å². The van der Waals surface area contributed by atoms with E-state index in [2.05, 4.69) is 16.0 Å². The molecule has 0 aliphatic carbocycles. The standard InChI is InChI=1S/C12H10N4O/c13-7-5-9-1-3-10(4-2-9)17-11-6-8-15-12(14)16-11/h1-4,6,8H,5H2,(H2,14,15,16). The zero-order valence-corrected chi connectivity index (χ0v) is 9.00. The van der Waals surface area contributed by atoms with Crippen LogP contribution in [0.1, 0.15) is 5.56 Å². The lowest BCUT2D eigenvalue weighted by Crippen LogP contribution is -1.95. The van der Waals surface area contributed by atoms with Crippen LogP contribution < -0.4 is 10.5 Å². The van der Waals surface area contributed by atoms with Crippen molar-refractivity contribution in [1.82, 2.24) is 9.97 Å². The predicted molar refractivity (Wildman–Crippen MR) is 62.3 cm³/mol. The summed E-state index contributed by atoms with van der Waals surface area (Å²) in [7, 11) is 0. The van der Waals surface area contributed by atoms with Gasteiger partial charge in [0, 0.05) is 12.3 Å². The Morgan fingerprint density at radius 3 is 2.65 bits per heavy atom. The van der Waals surface area contributed by atoms with E-state index in [1.165, 1.54) is 6.20 Å². The average molecular weight is 226 g/mol. The Hall–Kier alpha value is -2.61. The van der Waals surface area contributed by atoms with Crippen LogP contribution >= 0.6 is 0 Å². The van der Waals surface area contributed by atoms with Crippen molar-refractivity contribution >= 4 is 5.95 Å². The molecule has 0 aliphatic heterocycles. The van der Waals surface area contributed by atoms with Crippen molar-refractivity contribution < 1.29 is 4.74 Å². The van der Waals surface area contributed by atoms with Crippen molar-refractivity contribution in [3.63, 3.8) is 0 Å². The normalized spacial score (nSPS) is 9.59. The van der Waals surface area contributed by atoms with Gasteiger partial charge in [-0.3, -0.25) is 0 Å². The summed E-state index contributed by atoms with van der Waals surface area (Å²) in [5.74, 6) is 1.21.